The van der Waals surface area contributed by atoms with Crippen molar-refractivity contribution in [1.29, 1.82) is 5.26 Å². The van der Waals surface area contributed by atoms with E-state index < -0.39 is 11.5 Å². The Bertz CT molecular complexity index is 517. The van der Waals surface area contributed by atoms with E-state index in [1.807, 2.05) is 30.3 Å². The van der Waals surface area contributed by atoms with Crippen molar-refractivity contribution in [2.75, 3.05) is 6.61 Å². The van der Waals surface area contributed by atoms with E-state index in [4.69, 9.17) is 4.74 Å². The Morgan fingerprint density at radius 3 is 2.52 bits per heavy atom. The zero-order valence-electron chi connectivity index (χ0n) is 12.6. The standard InChI is InChI=1S/C17H22N2O2/c1-3-14(13-8-6-5-7-9-13)19-15(12-18)17(10-11-17)16(20)21-4-2/h5-9,14-15,19H,3-4,10-11H2,1-2H3/t14-,15?/m0/s1. The largest absolute Gasteiger partial charge is 0.465 e. The minimum atomic E-state index is -0.646. The lowest BCUT2D eigenvalue weighted by Crippen LogP contribution is -2.43. The average Bonchev–Trinajstić information content (AvgIpc) is 3.31. The summed E-state index contributed by atoms with van der Waals surface area (Å²) in [5.41, 5.74) is 0.493. The molecule has 0 aliphatic heterocycles. The molecule has 0 aromatic heterocycles. The van der Waals surface area contributed by atoms with E-state index in [1.54, 1.807) is 6.92 Å². The summed E-state index contributed by atoms with van der Waals surface area (Å²) in [7, 11) is 0. The van der Waals surface area contributed by atoms with Crippen LogP contribution in [0.1, 0.15) is 44.7 Å². The van der Waals surface area contributed by atoms with Gasteiger partial charge in [0, 0.05) is 6.04 Å². The normalized spacial score (nSPS) is 18.3. The van der Waals surface area contributed by atoms with Gasteiger partial charge in [0.15, 0.2) is 0 Å². The van der Waals surface area contributed by atoms with Crippen molar-refractivity contribution >= 4 is 5.97 Å². The third-order valence-electron chi connectivity index (χ3n) is 4.13. The summed E-state index contributed by atoms with van der Waals surface area (Å²) < 4.78 is 5.14. The van der Waals surface area contributed by atoms with Gasteiger partial charge in [-0.3, -0.25) is 10.1 Å². The molecule has 0 radical (unpaired) electrons. The fraction of sp³-hybridized carbons (Fsp3) is 0.529. The predicted molar refractivity (Wildman–Crippen MR) is 80.3 cm³/mol. The monoisotopic (exact) mass is 286 g/mol. The van der Waals surface area contributed by atoms with Crippen molar-refractivity contribution in [3.63, 3.8) is 0 Å². The molecule has 4 heteroatoms. The highest BCUT2D eigenvalue weighted by molar-refractivity contribution is 5.81. The van der Waals surface area contributed by atoms with Crippen molar-refractivity contribution in [2.24, 2.45) is 5.41 Å². The van der Waals surface area contributed by atoms with Gasteiger partial charge in [0.05, 0.1) is 18.1 Å². The second-order valence-corrected chi connectivity index (χ2v) is 5.48. The fourth-order valence-electron chi connectivity index (χ4n) is 2.68. The molecular formula is C17H22N2O2. The van der Waals surface area contributed by atoms with Gasteiger partial charge in [-0.25, -0.2) is 0 Å². The van der Waals surface area contributed by atoms with Gasteiger partial charge in [0.2, 0.25) is 0 Å². The van der Waals surface area contributed by atoms with Gasteiger partial charge in [-0.2, -0.15) is 5.26 Å². The van der Waals surface area contributed by atoms with Crippen LogP contribution in [0.4, 0.5) is 0 Å². The van der Waals surface area contributed by atoms with Gasteiger partial charge in [-0.1, -0.05) is 37.3 Å². The molecule has 1 aromatic rings. The van der Waals surface area contributed by atoms with Crippen LogP contribution in [0.15, 0.2) is 30.3 Å². The molecule has 1 fully saturated rings. The molecule has 1 aliphatic rings. The summed E-state index contributed by atoms with van der Waals surface area (Å²) in [4.78, 5) is 12.1. The van der Waals surface area contributed by atoms with Crippen LogP contribution in [0.25, 0.3) is 0 Å². The summed E-state index contributed by atoms with van der Waals surface area (Å²) in [6.45, 7) is 4.22. The van der Waals surface area contributed by atoms with E-state index >= 15 is 0 Å². The number of esters is 1. The van der Waals surface area contributed by atoms with Gasteiger partial charge < -0.3 is 4.74 Å². The lowest BCUT2D eigenvalue weighted by Gasteiger charge is -2.26. The molecule has 1 unspecified atom stereocenters. The van der Waals surface area contributed by atoms with Gasteiger partial charge >= 0.3 is 5.97 Å². The quantitative estimate of drug-likeness (QED) is 0.783. The molecule has 2 rings (SSSR count). The Hall–Kier alpha value is -1.86. The molecule has 0 heterocycles. The Morgan fingerprint density at radius 2 is 2.05 bits per heavy atom. The SMILES string of the molecule is CCOC(=O)C1(C(C#N)N[C@@H](CC)c2ccccc2)CC1. The highest BCUT2D eigenvalue weighted by Gasteiger charge is 2.57. The number of ether oxygens (including phenoxy) is 1. The summed E-state index contributed by atoms with van der Waals surface area (Å²) in [6.07, 6.45) is 2.31. The molecule has 1 N–H and O–H groups in total. The van der Waals surface area contributed by atoms with Gasteiger partial charge in [0.25, 0.3) is 0 Å². The predicted octanol–water partition coefficient (Wildman–Crippen LogP) is 2.96. The van der Waals surface area contributed by atoms with E-state index in [1.165, 1.54) is 0 Å². The lowest BCUT2D eigenvalue weighted by molar-refractivity contribution is -0.150. The number of nitrogens with zero attached hydrogens (tertiary/aromatic N) is 1. The van der Waals surface area contributed by atoms with E-state index in [9.17, 15) is 10.1 Å². The molecule has 2 atom stereocenters. The van der Waals surface area contributed by atoms with Crippen molar-refractivity contribution in [1.82, 2.24) is 5.32 Å². The summed E-state index contributed by atoms with van der Waals surface area (Å²) >= 11 is 0. The first-order valence-corrected chi connectivity index (χ1v) is 7.55. The molecule has 1 aromatic carbocycles. The number of rotatable bonds is 7. The van der Waals surface area contributed by atoms with E-state index in [-0.39, 0.29) is 12.0 Å². The Labute approximate surface area is 126 Å². The number of hydrogen-bond acceptors (Lipinski definition) is 4. The molecule has 0 bridgehead atoms. The molecule has 0 spiro atoms. The maximum absolute atomic E-state index is 12.1. The fourth-order valence-corrected chi connectivity index (χ4v) is 2.68. The average molecular weight is 286 g/mol. The Morgan fingerprint density at radius 1 is 1.38 bits per heavy atom. The Balaban J connectivity index is 2.12. The van der Waals surface area contributed by atoms with Crippen LogP contribution >= 0.6 is 0 Å². The molecular weight excluding hydrogens is 264 g/mol. The first-order valence-electron chi connectivity index (χ1n) is 7.55. The van der Waals surface area contributed by atoms with Crippen LogP contribution in [-0.2, 0) is 9.53 Å². The summed E-state index contributed by atoms with van der Waals surface area (Å²) in [5, 5.41) is 12.8. The van der Waals surface area contributed by atoms with Crippen LogP contribution < -0.4 is 5.32 Å². The summed E-state index contributed by atoms with van der Waals surface area (Å²) in [6, 6.07) is 11.9. The van der Waals surface area contributed by atoms with Gasteiger partial charge in [-0.15, -0.1) is 0 Å². The molecule has 1 aliphatic carbocycles. The first kappa shape index (κ1) is 15.5. The number of nitrogens with one attached hydrogen (secondary N) is 1. The number of carbonyl (C=O) groups is 1. The van der Waals surface area contributed by atoms with Crippen molar-refractivity contribution in [3.8, 4) is 6.07 Å². The van der Waals surface area contributed by atoms with Crippen LogP contribution in [-0.4, -0.2) is 18.6 Å². The molecule has 4 nitrogen and oxygen atoms in total. The summed E-state index contributed by atoms with van der Waals surface area (Å²) in [5.74, 6) is -0.244. The maximum Gasteiger partial charge on any atom is 0.314 e. The van der Waals surface area contributed by atoms with Crippen molar-refractivity contribution < 1.29 is 9.53 Å². The van der Waals surface area contributed by atoms with E-state index in [2.05, 4.69) is 18.3 Å². The third-order valence-corrected chi connectivity index (χ3v) is 4.13. The number of carbonyl (C=O) groups excluding carboxylic acids is 1. The Kier molecular flexibility index (Phi) is 4.98. The maximum atomic E-state index is 12.1. The molecule has 0 saturated heterocycles. The topological polar surface area (TPSA) is 62.1 Å². The minimum absolute atomic E-state index is 0.0720. The third kappa shape index (κ3) is 3.25. The second kappa shape index (κ2) is 6.73. The highest BCUT2D eigenvalue weighted by Crippen LogP contribution is 2.50. The van der Waals surface area contributed by atoms with Crippen LogP contribution in [0.2, 0.25) is 0 Å². The first-order chi connectivity index (χ1) is 10.2. The molecule has 1 saturated carbocycles. The number of hydrogen-bond donors (Lipinski definition) is 1. The van der Waals surface area contributed by atoms with Crippen LogP contribution in [0.5, 0.6) is 0 Å². The molecule has 0 amide bonds. The van der Waals surface area contributed by atoms with E-state index in [0.717, 1.165) is 24.8 Å². The smallest absolute Gasteiger partial charge is 0.314 e. The second-order valence-electron chi connectivity index (χ2n) is 5.48. The number of benzene rings is 1. The van der Waals surface area contributed by atoms with Gasteiger partial charge in [0.1, 0.15) is 6.04 Å². The highest BCUT2D eigenvalue weighted by atomic mass is 16.5. The zero-order valence-corrected chi connectivity index (χ0v) is 12.6. The van der Waals surface area contributed by atoms with Crippen LogP contribution in [0.3, 0.4) is 0 Å². The van der Waals surface area contributed by atoms with Crippen molar-refractivity contribution in [2.45, 2.75) is 45.2 Å². The number of nitriles is 1. The minimum Gasteiger partial charge on any atom is -0.465 e. The van der Waals surface area contributed by atoms with Gasteiger partial charge in [-0.05, 0) is 31.7 Å². The van der Waals surface area contributed by atoms with Crippen LogP contribution in [0, 0.1) is 16.7 Å². The lowest BCUT2D eigenvalue weighted by atomic mass is 9.94. The molecule has 21 heavy (non-hydrogen) atoms. The van der Waals surface area contributed by atoms with Crippen molar-refractivity contribution in [3.05, 3.63) is 35.9 Å². The zero-order chi connectivity index (χ0) is 15.3. The molecule has 112 valence electrons. The van der Waals surface area contributed by atoms with E-state index in [0.29, 0.717) is 6.61 Å².